The van der Waals surface area contributed by atoms with E-state index in [2.05, 4.69) is 41.4 Å². The normalized spacial score (nSPS) is 18.7. The number of aliphatic imine (C=N–C) groups is 1. The van der Waals surface area contributed by atoms with Gasteiger partial charge in [-0.3, -0.25) is 4.99 Å². The molecular weight excluding hydrogens is 326 g/mol. The van der Waals surface area contributed by atoms with Gasteiger partial charge in [-0.1, -0.05) is 24.3 Å². The SMILES string of the molecule is CCNC(=NCCCOCC1CCOCC1)N1CCc2ccccc2C1. The summed E-state index contributed by atoms with van der Waals surface area (Å²) in [4.78, 5) is 7.20. The number of ether oxygens (including phenoxy) is 2. The summed E-state index contributed by atoms with van der Waals surface area (Å²) in [5.74, 6) is 1.71. The van der Waals surface area contributed by atoms with Crippen molar-refractivity contribution in [1.82, 2.24) is 10.2 Å². The van der Waals surface area contributed by atoms with Crippen LogP contribution in [0.5, 0.6) is 0 Å². The van der Waals surface area contributed by atoms with Gasteiger partial charge < -0.3 is 19.7 Å². The molecule has 0 unspecified atom stereocenters. The Bertz CT molecular complexity index is 570. The van der Waals surface area contributed by atoms with Crippen molar-refractivity contribution in [3.8, 4) is 0 Å². The molecule has 1 aromatic rings. The fourth-order valence-corrected chi connectivity index (χ4v) is 3.62. The molecule has 0 aromatic heterocycles. The maximum atomic E-state index is 5.85. The number of hydrogen-bond acceptors (Lipinski definition) is 3. The summed E-state index contributed by atoms with van der Waals surface area (Å²) in [5, 5.41) is 3.45. The molecular formula is C21H33N3O2. The maximum absolute atomic E-state index is 5.85. The highest BCUT2D eigenvalue weighted by Crippen LogP contribution is 2.18. The lowest BCUT2D eigenvalue weighted by molar-refractivity contribution is 0.0205. The van der Waals surface area contributed by atoms with E-state index in [0.29, 0.717) is 5.92 Å². The van der Waals surface area contributed by atoms with Crippen molar-refractivity contribution in [3.05, 3.63) is 35.4 Å². The summed E-state index contributed by atoms with van der Waals surface area (Å²) in [6, 6.07) is 8.73. The van der Waals surface area contributed by atoms with E-state index in [0.717, 1.165) is 84.2 Å². The molecule has 0 spiro atoms. The number of fused-ring (bicyclic) bond motifs is 1. The number of rotatable bonds is 7. The molecule has 0 amide bonds. The minimum absolute atomic E-state index is 0.679. The van der Waals surface area contributed by atoms with Crippen LogP contribution in [-0.4, -0.2) is 56.9 Å². The number of nitrogens with one attached hydrogen (secondary N) is 1. The minimum Gasteiger partial charge on any atom is -0.381 e. The van der Waals surface area contributed by atoms with Crippen LogP contribution in [0.1, 0.15) is 37.3 Å². The zero-order valence-corrected chi connectivity index (χ0v) is 16.1. The van der Waals surface area contributed by atoms with E-state index in [4.69, 9.17) is 14.5 Å². The van der Waals surface area contributed by atoms with Gasteiger partial charge in [-0.05, 0) is 49.7 Å². The highest BCUT2D eigenvalue weighted by atomic mass is 16.5. The van der Waals surface area contributed by atoms with Gasteiger partial charge >= 0.3 is 0 Å². The molecule has 5 nitrogen and oxygen atoms in total. The van der Waals surface area contributed by atoms with Crippen LogP contribution in [0.3, 0.4) is 0 Å². The molecule has 1 N–H and O–H groups in total. The third kappa shape index (κ3) is 5.71. The first-order valence-electron chi connectivity index (χ1n) is 10.1. The van der Waals surface area contributed by atoms with Crippen molar-refractivity contribution in [3.63, 3.8) is 0 Å². The third-order valence-corrected chi connectivity index (χ3v) is 5.17. The van der Waals surface area contributed by atoms with Crippen LogP contribution in [0.25, 0.3) is 0 Å². The molecule has 2 heterocycles. The number of benzene rings is 1. The Balaban J connectivity index is 1.41. The Kier molecular flexibility index (Phi) is 7.77. The predicted octanol–water partition coefficient (Wildman–Crippen LogP) is 2.84. The molecule has 1 fully saturated rings. The van der Waals surface area contributed by atoms with Crippen LogP contribution in [0.2, 0.25) is 0 Å². The van der Waals surface area contributed by atoms with Crippen molar-refractivity contribution in [2.45, 2.75) is 39.2 Å². The zero-order chi connectivity index (χ0) is 18.0. The summed E-state index contributed by atoms with van der Waals surface area (Å²) < 4.78 is 11.2. The van der Waals surface area contributed by atoms with Gasteiger partial charge in [-0.15, -0.1) is 0 Å². The molecule has 2 aliphatic rings. The zero-order valence-electron chi connectivity index (χ0n) is 16.1. The van der Waals surface area contributed by atoms with Gasteiger partial charge in [0.2, 0.25) is 0 Å². The molecule has 0 bridgehead atoms. The molecule has 26 heavy (non-hydrogen) atoms. The average Bonchev–Trinajstić information content (AvgIpc) is 2.70. The summed E-state index contributed by atoms with van der Waals surface area (Å²) in [6.45, 7) is 9.27. The minimum atomic E-state index is 0.679. The van der Waals surface area contributed by atoms with E-state index in [1.54, 1.807) is 0 Å². The fourth-order valence-electron chi connectivity index (χ4n) is 3.62. The van der Waals surface area contributed by atoms with Crippen molar-refractivity contribution in [2.75, 3.05) is 46.1 Å². The largest absolute Gasteiger partial charge is 0.381 e. The van der Waals surface area contributed by atoms with Crippen LogP contribution >= 0.6 is 0 Å². The van der Waals surface area contributed by atoms with E-state index in [9.17, 15) is 0 Å². The number of hydrogen-bond donors (Lipinski definition) is 1. The summed E-state index contributed by atoms with van der Waals surface area (Å²) in [6.07, 6.45) is 4.34. The average molecular weight is 360 g/mol. The van der Waals surface area contributed by atoms with Crippen LogP contribution in [0.4, 0.5) is 0 Å². The van der Waals surface area contributed by atoms with Crippen LogP contribution in [-0.2, 0) is 22.4 Å². The van der Waals surface area contributed by atoms with Crippen molar-refractivity contribution in [2.24, 2.45) is 10.9 Å². The number of guanidine groups is 1. The predicted molar refractivity (Wildman–Crippen MR) is 106 cm³/mol. The van der Waals surface area contributed by atoms with E-state index < -0.39 is 0 Å². The van der Waals surface area contributed by atoms with E-state index in [1.807, 2.05) is 0 Å². The molecule has 0 atom stereocenters. The highest BCUT2D eigenvalue weighted by molar-refractivity contribution is 5.80. The van der Waals surface area contributed by atoms with E-state index in [-0.39, 0.29) is 0 Å². The van der Waals surface area contributed by atoms with Gasteiger partial charge in [0.05, 0.1) is 0 Å². The first kappa shape index (κ1) is 19.2. The van der Waals surface area contributed by atoms with Crippen molar-refractivity contribution >= 4 is 5.96 Å². The molecule has 2 aliphatic heterocycles. The second kappa shape index (κ2) is 10.5. The smallest absolute Gasteiger partial charge is 0.194 e. The monoisotopic (exact) mass is 359 g/mol. The van der Waals surface area contributed by atoms with Gasteiger partial charge in [-0.25, -0.2) is 0 Å². The lowest BCUT2D eigenvalue weighted by Gasteiger charge is -2.31. The number of nitrogens with zero attached hydrogens (tertiary/aromatic N) is 2. The first-order chi connectivity index (χ1) is 12.9. The maximum Gasteiger partial charge on any atom is 0.194 e. The molecule has 1 saturated heterocycles. The van der Waals surface area contributed by atoms with Gasteiger partial charge in [-0.2, -0.15) is 0 Å². The third-order valence-electron chi connectivity index (χ3n) is 5.17. The fraction of sp³-hybridized carbons (Fsp3) is 0.667. The molecule has 0 aliphatic carbocycles. The highest BCUT2D eigenvalue weighted by Gasteiger charge is 2.18. The second-order valence-corrected chi connectivity index (χ2v) is 7.16. The first-order valence-corrected chi connectivity index (χ1v) is 10.1. The molecule has 1 aromatic carbocycles. The van der Waals surface area contributed by atoms with Crippen molar-refractivity contribution in [1.29, 1.82) is 0 Å². The molecule has 5 heteroatoms. The Morgan fingerprint density at radius 1 is 1.27 bits per heavy atom. The van der Waals surface area contributed by atoms with Crippen LogP contribution in [0, 0.1) is 5.92 Å². The quantitative estimate of drug-likeness (QED) is 0.462. The summed E-state index contributed by atoms with van der Waals surface area (Å²) in [5.41, 5.74) is 2.89. The van der Waals surface area contributed by atoms with E-state index in [1.165, 1.54) is 11.1 Å². The molecule has 144 valence electrons. The second-order valence-electron chi connectivity index (χ2n) is 7.16. The van der Waals surface area contributed by atoms with Gasteiger partial charge in [0.15, 0.2) is 5.96 Å². The van der Waals surface area contributed by atoms with Crippen molar-refractivity contribution < 1.29 is 9.47 Å². The Hall–Kier alpha value is -1.59. The topological polar surface area (TPSA) is 46.1 Å². The van der Waals surface area contributed by atoms with Gasteiger partial charge in [0.1, 0.15) is 0 Å². The van der Waals surface area contributed by atoms with Gasteiger partial charge in [0, 0.05) is 52.6 Å². The standard InChI is InChI=1S/C21H33N3O2/c1-2-22-21(24-12-8-19-6-3-4-7-20(19)16-24)23-11-5-13-26-17-18-9-14-25-15-10-18/h3-4,6-7,18H,2,5,8-17H2,1H3,(H,22,23). The summed E-state index contributed by atoms with van der Waals surface area (Å²) in [7, 11) is 0. The van der Waals surface area contributed by atoms with Crippen LogP contribution in [0.15, 0.2) is 29.3 Å². The van der Waals surface area contributed by atoms with Crippen LogP contribution < -0.4 is 5.32 Å². The van der Waals surface area contributed by atoms with Gasteiger partial charge in [0.25, 0.3) is 0 Å². The molecule has 3 rings (SSSR count). The molecule has 0 saturated carbocycles. The van der Waals surface area contributed by atoms with E-state index >= 15 is 0 Å². The Labute approximate surface area is 157 Å². The Morgan fingerprint density at radius 2 is 2.08 bits per heavy atom. The summed E-state index contributed by atoms with van der Waals surface area (Å²) >= 11 is 0. The Morgan fingerprint density at radius 3 is 2.88 bits per heavy atom. The lowest BCUT2D eigenvalue weighted by Crippen LogP contribution is -2.44. The lowest BCUT2D eigenvalue weighted by atomic mass is 10.0. The molecule has 0 radical (unpaired) electrons.